The van der Waals surface area contributed by atoms with E-state index in [4.69, 9.17) is 21.9 Å². The Bertz CT molecular complexity index is 788. The van der Waals surface area contributed by atoms with E-state index < -0.39 is 20.9 Å². The van der Waals surface area contributed by atoms with Gasteiger partial charge >= 0.3 is 0 Å². The second-order valence-electron chi connectivity index (χ2n) is 4.19. The number of nitrogen functional groups attached to an aromatic ring is 1. The van der Waals surface area contributed by atoms with Gasteiger partial charge < -0.3 is 11.1 Å². The predicted octanol–water partition coefficient (Wildman–Crippen LogP) is 2.42. The third-order valence-electron chi connectivity index (χ3n) is 2.65. The molecule has 0 heterocycles. The summed E-state index contributed by atoms with van der Waals surface area (Å²) in [6.45, 7) is 0. The smallest absolute Gasteiger partial charge is 0.296 e. The van der Waals surface area contributed by atoms with Gasteiger partial charge in [-0.1, -0.05) is 11.6 Å². The van der Waals surface area contributed by atoms with E-state index in [1.54, 1.807) is 24.3 Å². The van der Waals surface area contributed by atoms with Crippen molar-refractivity contribution < 1.29 is 17.8 Å². The first-order valence-electron chi connectivity index (χ1n) is 5.71. The molecule has 1 amide bonds. The number of hydrogen-bond acceptors (Lipinski definition) is 4. The van der Waals surface area contributed by atoms with Gasteiger partial charge in [-0.2, -0.15) is 8.42 Å². The molecule has 0 aromatic heterocycles. The molecule has 6 nitrogen and oxygen atoms in total. The molecule has 110 valence electrons. The van der Waals surface area contributed by atoms with Crippen LogP contribution in [0, 0.1) is 0 Å². The van der Waals surface area contributed by atoms with E-state index in [1.807, 2.05) is 0 Å². The molecule has 2 rings (SSSR count). The highest BCUT2D eigenvalue weighted by Gasteiger charge is 2.14. The third kappa shape index (κ3) is 3.72. The number of nitrogens with one attached hydrogen (secondary N) is 1. The Morgan fingerprint density at radius 2 is 1.76 bits per heavy atom. The zero-order chi connectivity index (χ0) is 15.6. The first-order chi connectivity index (χ1) is 9.77. The van der Waals surface area contributed by atoms with Crippen molar-refractivity contribution in [3.8, 4) is 0 Å². The maximum absolute atomic E-state index is 12.0. The molecule has 21 heavy (non-hydrogen) atoms. The summed E-state index contributed by atoms with van der Waals surface area (Å²) in [5, 5.41) is 3.07. The summed E-state index contributed by atoms with van der Waals surface area (Å²) >= 11 is 5.73. The SMILES string of the molecule is Nc1cc(NC(=O)c2ccc(Cl)cc2)ccc1S(=O)(=O)O. The van der Waals surface area contributed by atoms with Crippen LogP contribution < -0.4 is 11.1 Å². The van der Waals surface area contributed by atoms with Gasteiger partial charge in [0.1, 0.15) is 4.90 Å². The van der Waals surface area contributed by atoms with Crippen LogP contribution in [0.25, 0.3) is 0 Å². The number of anilines is 2. The lowest BCUT2D eigenvalue weighted by molar-refractivity contribution is 0.102. The molecule has 0 bridgehead atoms. The monoisotopic (exact) mass is 326 g/mol. The van der Waals surface area contributed by atoms with Gasteiger partial charge in [-0.05, 0) is 42.5 Å². The van der Waals surface area contributed by atoms with Gasteiger partial charge in [0.15, 0.2) is 0 Å². The van der Waals surface area contributed by atoms with Gasteiger partial charge in [0, 0.05) is 16.3 Å². The van der Waals surface area contributed by atoms with Crippen LogP contribution in [0.1, 0.15) is 10.4 Å². The molecular formula is C13H11ClN2O4S. The van der Waals surface area contributed by atoms with Crippen molar-refractivity contribution in [1.29, 1.82) is 0 Å². The molecule has 0 spiro atoms. The summed E-state index contributed by atoms with van der Waals surface area (Å²) in [6.07, 6.45) is 0. The summed E-state index contributed by atoms with van der Waals surface area (Å²) in [5.74, 6) is -0.398. The minimum Gasteiger partial charge on any atom is -0.398 e. The number of nitrogens with two attached hydrogens (primary N) is 1. The number of hydrogen-bond donors (Lipinski definition) is 3. The van der Waals surface area contributed by atoms with Gasteiger partial charge in [0.25, 0.3) is 16.0 Å². The number of benzene rings is 2. The van der Waals surface area contributed by atoms with Crippen LogP contribution in [0.15, 0.2) is 47.4 Å². The third-order valence-corrected chi connectivity index (χ3v) is 3.83. The molecule has 8 heteroatoms. The van der Waals surface area contributed by atoms with Crippen molar-refractivity contribution in [2.24, 2.45) is 0 Å². The Morgan fingerprint density at radius 3 is 2.29 bits per heavy atom. The zero-order valence-corrected chi connectivity index (χ0v) is 12.1. The molecule has 4 N–H and O–H groups in total. The number of rotatable bonds is 3. The van der Waals surface area contributed by atoms with Gasteiger partial charge in [0.2, 0.25) is 0 Å². The standard InChI is InChI=1S/C13H11ClN2O4S/c14-9-3-1-8(2-4-9)13(17)16-10-5-6-12(11(15)7-10)21(18,19)20/h1-7H,15H2,(H,16,17)(H,18,19,20). The van der Waals surface area contributed by atoms with E-state index in [1.165, 1.54) is 12.1 Å². The Morgan fingerprint density at radius 1 is 1.14 bits per heavy atom. The van der Waals surface area contributed by atoms with E-state index in [9.17, 15) is 13.2 Å². The largest absolute Gasteiger partial charge is 0.398 e. The first kappa shape index (κ1) is 15.3. The van der Waals surface area contributed by atoms with Crippen molar-refractivity contribution >= 4 is 39.0 Å². The summed E-state index contributed by atoms with van der Waals surface area (Å²) in [5.41, 5.74) is 6.06. The van der Waals surface area contributed by atoms with Crippen LogP contribution in [0.3, 0.4) is 0 Å². The van der Waals surface area contributed by atoms with E-state index in [0.717, 1.165) is 6.07 Å². The molecule has 0 aliphatic rings. The van der Waals surface area contributed by atoms with Gasteiger partial charge in [0.05, 0.1) is 5.69 Å². The average Bonchev–Trinajstić information content (AvgIpc) is 2.37. The minimum atomic E-state index is -4.39. The zero-order valence-electron chi connectivity index (χ0n) is 10.6. The molecule has 2 aromatic carbocycles. The van der Waals surface area contributed by atoms with Crippen LogP contribution in [0.4, 0.5) is 11.4 Å². The summed E-state index contributed by atoms with van der Waals surface area (Å²) < 4.78 is 31.0. The van der Waals surface area contributed by atoms with Crippen LogP contribution in [-0.4, -0.2) is 18.9 Å². The summed E-state index contributed by atoms with van der Waals surface area (Å²) in [4.78, 5) is 11.5. The van der Waals surface area contributed by atoms with Crippen molar-refractivity contribution in [2.45, 2.75) is 4.90 Å². The quantitative estimate of drug-likeness (QED) is 0.592. The van der Waals surface area contributed by atoms with E-state index in [-0.39, 0.29) is 5.69 Å². The number of halogens is 1. The van der Waals surface area contributed by atoms with Crippen LogP contribution in [-0.2, 0) is 10.1 Å². The molecule has 0 radical (unpaired) electrons. The maximum atomic E-state index is 12.0. The molecule has 0 aliphatic carbocycles. The van der Waals surface area contributed by atoms with Gasteiger partial charge in [-0.15, -0.1) is 0 Å². The molecule has 0 unspecified atom stereocenters. The van der Waals surface area contributed by atoms with Gasteiger partial charge in [-0.3, -0.25) is 9.35 Å². The topological polar surface area (TPSA) is 109 Å². The molecule has 0 fully saturated rings. The van der Waals surface area contributed by atoms with Crippen molar-refractivity contribution in [2.75, 3.05) is 11.1 Å². The summed E-state index contributed by atoms with van der Waals surface area (Å²) in [7, 11) is -4.39. The number of carbonyl (C=O) groups is 1. The first-order valence-corrected chi connectivity index (χ1v) is 7.53. The highest BCUT2D eigenvalue weighted by atomic mass is 35.5. The summed E-state index contributed by atoms with van der Waals surface area (Å²) in [6, 6.07) is 9.94. The lowest BCUT2D eigenvalue weighted by atomic mass is 10.2. The van der Waals surface area contributed by atoms with E-state index in [2.05, 4.69) is 5.32 Å². The fourth-order valence-electron chi connectivity index (χ4n) is 1.67. The second-order valence-corrected chi connectivity index (χ2v) is 6.02. The Hall–Kier alpha value is -2.09. The van der Waals surface area contributed by atoms with Gasteiger partial charge in [-0.25, -0.2) is 0 Å². The molecular weight excluding hydrogens is 316 g/mol. The van der Waals surface area contributed by atoms with Crippen molar-refractivity contribution in [1.82, 2.24) is 0 Å². The second kappa shape index (κ2) is 5.72. The van der Waals surface area contributed by atoms with Crippen molar-refractivity contribution in [3.63, 3.8) is 0 Å². The average molecular weight is 327 g/mol. The molecule has 0 aliphatic heterocycles. The lowest BCUT2D eigenvalue weighted by Gasteiger charge is -2.08. The number of amides is 1. The van der Waals surface area contributed by atoms with Crippen LogP contribution in [0.5, 0.6) is 0 Å². The van der Waals surface area contributed by atoms with Crippen LogP contribution in [0.2, 0.25) is 5.02 Å². The fourth-order valence-corrected chi connectivity index (χ4v) is 2.39. The maximum Gasteiger partial charge on any atom is 0.296 e. The van der Waals surface area contributed by atoms with E-state index >= 15 is 0 Å². The molecule has 0 atom stereocenters. The van der Waals surface area contributed by atoms with Crippen molar-refractivity contribution in [3.05, 3.63) is 53.1 Å². The Kier molecular flexibility index (Phi) is 4.17. The minimum absolute atomic E-state index is 0.161. The Balaban J connectivity index is 2.22. The van der Waals surface area contributed by atoms with Crippen LogP contribution >= 0.6 is 11.6 Å². The normalized spacial score (nSPS) is 11.1. The highest BCUT2D eigenvalue weighted by Crippen LogP contribution is 2.22. The predicted molar refractivity (Wildman–Crippen MR) is 80.1 cm³/mol. The molecule has 0 saturated heterocycles. The highest BCUT2D eigenvalue weighted by molar-refractivity contribution is 7.86. The fraction of sp³-hybridized carbons (Fsp3) is 0. The number of carbonyl (C=O) groups excluding carboxylic acids is 1. The molecule has 2 aromatic rings. The molecule has 0 saturated carbocycles. The van der Waals surface area contributed by atoms with E-state index in [0.29, 0.717) is 16.3 Å². The lowest BCUT2D eigenvalue weighted by Crippen LogP contribution is -2.12. The Labute approximate surface area is 126 Å².